The Kier molecular flexibility index (Phi) is 6.38. The number of rotatable bonds is 5. The van der Waals surface area contributed by atoms with E-state index < -0.39 is 0 Å². The first-order chi connectivity index (χ1) is 5.66. The Bertz CT molecular complexity index is 153. The molecular weight excluding hydrogens is 152 g/mol. The van der Waals surface area contributed by atoms with Crippen molar-refractivity contribution in [3.63, 3.8) is 0 Å². The molecule has 0 aliphatic heterocycles. The quantitative estimate of drug-likeness (QED) is 0.470. The molecule has 0 radical (unpaired) electrons. The van der Waals surface area contributed by atoms with Crippen LogP contribution in [-0.2, 0) is 4.79 Å². The predicted octanol–water partition coefficient (Wildman–Crippen LogP) is 0.677. The van der Waals surface area contributed by atoms with Crippen molar-refractivity contribution in [3.05, 3.63) is 12.2 Å². The maximum atomic E-state index is 11.0. The normalized spacial score (nSPS) is 11.0. The van der Waals surface area contributed by atoms with Crippen LogP contribution < -0.4 is 10.6 Å². The number of hydrogen-bond donors (Lipinski definition) is 2. The number of carbonyl (C=O) groups excluding carboxylic acids is 1. The third-order valence-corrected chi connectivity index (χ3v) is 1.23. The molecule has 0 aromatic heterocycles. The monoisotopic (exact) mass is 170 g/mol. The van der Waals surface area contributed by atoms with Crippen LogP contribution in [0.15, 0.2) is 12.2 Å². The Labute approximate surface area is 74.2 Å². The largest absolute Gasteiger partial charge is 0.353 e. The molecule has 0 saturated heterocycles. The van der Waals surface area contributed by atoms with Gasteiger partial charge in [0.05, 0.1) is 6.54 Å². The van der Waals surface area contributed by atoms with Gasteiger partial charge < -0.3 is 10.6 Å². The topological polar surface area (TPSA) is 41.1 Å². The Morgan fingerprint density at radius 2 is 2.17 bits per heavy atom. The van der Waals surface area contributed by atoms with Crippen molar-refractivity contribution in [1.29, 1.82) is 0 Å². The van der Waals surface area contributed by atoms with Gasteiger partial charge in [-0.25, -0.2) is 0 Å². The molecular formula is C9H18N2O. The van der Waals surface area contributed by atoms with Crippen LogP contribution in [0.4, 0.5) is 0 Å². The van der Waals surface area contributed by atoms with Crippen LogP contribution in [0.1, 0.15) is 20.8 Å². The van der Waals surface area contributed by atoms with Gasteiger partial charge in [-0.15, -0.1) is 0 Å². The zero-order valence-electron chi connectivity index (χ0n) is 8.05. The van der Waals surface area contributed by atoms with Gasteiger partial charge in [-0.1, -0.05) is 12.2 Å². The lowest BCUT2D eigenvalue weighted by atomic mass is 10.4. The van der Waals surface area contributed by atoms with Gasteiger partial charge in [0.15, 0.2) is 0 Å². The lowest BCUT2D eigenvalue weighted by Crippen LogP contribution is -2.37. The van der Waals surface area contributed by atoms with Crippen LogP contribution in [0.5, 0.6) is 0 Å². The number of allylic oxidation sites excluding steroid dienone is 1. The van der Waals surface area contributed by atoms with E-state index in [4.69, 9.17) is 0 Å². The molecule has 0 rings (SSSR count). The van der Waals surface area contributed by atoms with Crippen molar-refractivity contribution < 1.29 is 4.79 Å². The molecule has 0 spiro atoms. The number of amides is 1. The molecule has 12 heavy (non-hydrogen) atoms. The summed E-state index contributed by atoms with van der Waals surface area (Å²) in [5.74, 6) is 0.0505. The molecule has 0 fully saturated rings. The highest BCUT2D eigenvalue weighted by Gasteiger charge is 2.00. The second-order valence-corrected chi connectivity index (χ2v) is 2.92. The third kappa shape index (κ3) is 7.28. The van der Waals surface area contributed by atoms with Gasteiger partial charge in [-0.2, -0.15) is 0 Å². The van der Waals surface area contributed by atoms with Crippen molar-refractivity contribution in [2.75, 3.05) is 13.1 Å². The van der Waals surface area contributed by atoms with Crippen molar-refractivity contribution >= 4 is 5.91 Å². The van der Waals surface area contributed by atoms with Crippen LogP contribution in [0.2, 0.25) is 0 Å². The molecule has 3 heteroatoms. The van der Waals surface area contributed by atoms with Crippen LogP contribution in [0.25, 0.3) is 0 Å². The van der Waals surface area contributed by atoms with Gasteiger partial charge in [-0.05, 0) is 20.8 Å². The fourth-order valence-corrected chi connectivity index (χ4v) is 0.760. The second kappa shape index (κ2) is 6.85. The van der Waals surface area contributed by atoms with E-state index in [1.807, 2.05) is 32.9 Å². The van der Waals surface area contributed by atoms with E-state index in [1.54, 1.807) is 0 Å². The molecule has 0 bridgehead atoms. The third-order valence-electron chi connectivity index (χ3n) is 1.23. The second-order valence-electron chi connectivity index (χ2n) is 2.92. The van der Waals surface area contributed by atoms with Crippen LogP contribution in [0.3, 0.4) is 0 Å². The lowest BCUT2D eigenvalue weighted by molar-refractivity contribution is -0.120. The molecule has 0 atom stereocenters. The summed E-state index contributed by atoms with van der Waals surface area (Å²) < 4.78 is 0. The first-order valence-corrected chi connectivity index (χ1v) is 4.28. The highest BCUT2D eigenvalue weighted by atomic mass is 16.1. The fraction of sp³-hybridized carbons (Fsp3) is 0.667. The maximum Gasteiger partial charge on any atom is 0.234 e. The van der Waals surface area contributed by atoms with E-state index in [9.17, 15) is 4.79 Å². The molecule has 0 aromatic rings. The highest BCUT2D eigenvalue weighted by Crippen LogP contribution is 1.75. The smallest absolute Gasteiger partial charge is 0.234 e. The first-order valence-electron chi connectivity index (χ1n) is 4.28. The molecule has 2 N–H and O–H groups in total. The average Bonchev–Trinajstić information content (AvgIpc) is 1.97. The Hall–Kier alpha value is -0.830. The van der Waals surface area contributed by atoms with Gasteiger partial charge in [0, 0.05) is 12.6 Å². The number of hydrogen-bond acceptors (Lipinski definition) is 2. The highest BCUT2D eigenvalue weighted by molar-refractivity contribution is 5.78. The van der Waals surface area contributed by atoms with Crippen LogP contribution in [-0.4, -0.2) is 25.0 Å². The van der Waals surface area contributed by atoms with Gasteiger partial charge in [0.2, 0.25) is 5.91 Å². The van der Waals surface area contributed by atoms with E-state index >= 15 is 0 Å². The van der Waals surface area contributed by atoms with Crippen molar-refractivity contribution in [2.24, 2.45) is 0 Å². The summed E-state index contributed by atoms with van der Waals surface area (Å²) in [6.45, 7) is 6.99. The molecule has 1 amide bonds. The summed E-state index contributed by atoms with van der Waals surface area (Å²) in [6, 6.07) is 0.223. The molecule has 0 heterocycles. The van der Waals surface area contributed by atoms with E-state index in [-0.39, 0.29) is 11.9 Å². The van der Waals surface area contributed by atoms with Crippen molar-refractivity contribution in [3.8, 4) is 0 Å². The Morgan fingerprint density at radius 3 is 2.67 bits per heavy atom. The van der Waals surface area contributed by atoms with Crippen LogP contribution >= 0.6 is 0 Å². The summed E-state index contributed by atoms with van der Waals surface area (Å²) in [5.41, 5.74) is 0. The summed E-state index contributed by atoms with van der Waals surface area (Å²) >= 11 is 0. The number of carbonyl (C=O) groups is 1. The van der Waals surface area contributed by atoms with Gasteiger partial charge >= 0.3 is 0 Å². The standard InChI is InChI=1S/C9H18N2O/c1-4-5-6-10-7-9(12)11-8(2)3/h4-5,8,10H,6-7H2,1-3H3,(H,11,12)/b5-4+. The van der Waals surface area contributed by atoms with Gasteiger partial charge in [-0.3, -0.25) is 4.79 Å². The van der Waals surface area contributed by atoms with E-state index in [1.165, 1.54) is 0 Å². The lowest BCUT2D eigenvalue weighted by Gasteiger charge is -2.07. The van der Waals surface area contributed by atoms with Gasteiger partial charge in [0.25, 0.3) is 0 Å². The summed E-state index contributed by atoms with van der Waals surface area (Å²) in [5, 5.41) is 5.79. The molecule has 0 aliphatic rings. The molecule has 70 valence electrons. The Morgan fingerprint density at radius 1 is 1.50 bits per heavy atom. The summed E-state index contributed by atoms with van der Waals surface area (Å²) in [6.07, 6.45) is 3.93. The SMILES string of the molecule is C/C=C/CNCC(=O)NC(C)C. The predicted molar refractivity (Wildman–Crippen MR) is 51.0 cm³/mol. The maximum absolute atomic E-state index is 11.0. The summed E-state index contributed by atoms with van der Waals surface area (Å²) in [7, 11) is 0. The minimum Gasteiger partial charge on any atom is -0.353 e. The average molecular weight is 170 g/mol. The number of nitrogens with one attached hydrogen (secondary N) is 2. The van der Waals surface area contributed by atoms with E-state index in [0.717, 1.165) is 6.54 Å². The molecule has 0 aromatic carbocycles. The minimum atomic E-state index is 0.0505. The Balaban J connectivity index is 3.32. The molecule has 0 aliphatic carbocycles. The summed E-state index contributed by atoms with van der Waals surface area (Å²) in [4.78, 5) is 11.0. The zero-order valence-corrected chi connectivity index (χ0v) is 8.05. The van der Waals surface area contributed by atoms with E-state index in [0.29, 0.717) is 6.54 Å². The van der Waals surface area contributed by atoms with Crippen molar-refractivity contribution in [2.45, 2.75) is 26.8 Å². The van der Waals surface area contributed by atoms with Crippen LogP contribution in [0, 0.1) is 0 Å². The van der Waals surface area contributed by atoms with E-state index in [2.05, 4.69) is 10.6 Å². The first kappa shape index (κ1) is 11.2. The fourth-order valence-electron chi connectivity index (χ4n) is 0.760. The zero-order chi connectivity index (χ0) is 9.40. The van der Waals surface area contributed by atoms with Gasteiger partial charge in [0.1, 0.15) is 0 Å². The molecule has 0 saturated carbocycles. The van der Waals surface area contributed by atoms with Crippen molar-refractivity contribution in [1.82, 2.24) is 10.6 Å². The molecule has 0 unspecified atom stereocenters. The minimum absolute atomic E-state index is 0.0505. The molecule has 3 nitrogen and oxygen atoms in total.